The number of piperazine rings is 2. The molecule has 0 aliphatic carbocycles. The Labute approximate surface area is 423 Å². The minimum absolute atomic E-state index is 0.0296. The molecule has 2 aromatic carbocycles. The maximum absolute atomic E-state index is 12.4. The Bertz CT molecular complexity index is 2800. The fraction of sp³-hybridized carbons (Fsp3) is 0.408. The summed E-state index contributed by atoms with van der Waals surface area (Å²) in [5.41, 5.74) is 5.95. The normalized spacial score (nSPS) is 14.0. The number of oxazole rings is 2. The molecule has 2 aliphatic heterocycles. The van der Waals surface area contributed by atoms with E-state index in [1.165, 1.54) is 4.90 Å². The number of para-hydroxylation sites is 2. The summed E-state index contributed by atoms with van der Waals surface area (Å²) >= 11 is 4.90. The molecule has 0 radical (unpaired) electrons. The van der Waals surface area contributed by atoms with Gasteiger partial charge in [0.2, 0.25) is 11.8 Å². The minimum Gasteiger partial charge on any atom is -0.444 e. The van der Waals surface area contributed by atoms with E-state index in [1.54, 1.807) is 80.7 Å². The Morgan fingerprint density at radius 3 is 1.39 bits per heavy atom. The summed E-state index contributed by atoms with van der Waals surface area (Å²) in [7, 11) is 6.71. The van der Waals surface area contributed by atoms with Gasteiger partial charge in [-0.1, -0.05) is 12.1 Å². The molecule has 0 bridgehead atoms. The smallest absolute Gasteiger partial charge is 0.410 e. The molecule has 8 amide bonds. The number of nitrogens with one attached hydrogen (secondary N) is 4. The van der Waals surface area contributed by atoms with Crippen molar-refractivity contribution < 1.29 is 37.5 Å². The second-order valence-corrected chi connectivity index (χ2v) is 18.7. The van der Waals surface area contributed by atoms with E-state index in [-0.39, 0.29) is 24.2 Å². The highest BCUT2D eigenvalue weighted by Gasteiger charge is 2.27. The van der Waals surface area contributed by atoms with Crippen LogP contribution in [0.5, 0.6) is 0 Å². The lowest BCUT2D eigenvalue weighted by Gasteiger charge is -2.35. The molecule has 2 aliphatic rings. The fourth-order valence-electron chi connectivity index (χ4n) is 7.16. The molecule has 22 nitrogen and oxygen atoms in total. The van der Waals surface area contributed by atoms with Crippen LogP contribution in [0.3, 0.4) is 0 Å². The Balaban J connectivity index is 0.000000212. The third-order valence-electron chi connectivity index (χ3n) is 10.9. The van der Waals surface area contributed by atoms with Crippen LogP contribution < -0.4 is 21.3 Å². The summed E-state index contributed by atoms with van der Waals surface area (Å²) < 4.78 is 17.3. The molecule has 6 heterocycles. The van der Waals surface area contributed by atoms with E-state index in [0.717, 1.165) is 24.5 Å². The lowest BCUT2D eigenvalue weighted by Crippen LogP contribution is -2.51. The van der Waals surface area contributed by atoms with Crippen molar-refractivity contribution in [3.63, 3.8) is 0 Å². The van der Waals surface area contributed by atoms with E-state index in [9.17, 15) is 24.0 Å². The molecule has 4 N–H and O–H groups in total. The molecule has 0 atom stereocenters. The molecular formula is C49H63ClN14O8. The van der Waals surface area contributed by atoms with Crippen LogP contribution >= 0.6 is 11.6 Å². The van der Waals surface area contributed by atoms with Crippen molar-refractivity contribution in [3.05, 3.63) is 96.2 Å². The number of carbonyl (C=O) groups is 5. The summed E-state index contributed by atoms with van der Waals surface area (Å²) in [6, 6.07) is 17.3. The quantitative estimate of drug-likeness (QED) is 0.0832. The molecule has 4 aromatic heterocycles. The lowest BCUT2D eigenvalue weighted by atomic mass is 10.2. The molecule has 384 valence electrons. The molecular weight excluding hydrogens is 948 g/mol. The van der Waals surface area contributed by atoms with Gasteiger partial charge in [0.1, 0.15) is 16.6 Å². The number of urea groups is 3. The Morgan fingerprint density at radius 2 is 1.03 bits per heavy atom. The fourth-order valence-corrected chi connectivity index (χ4v) is 7.16. The Morgan fingerprint density at radius 1 is 0.611 bits per heavy atom. The van der Waals surface area contributed by atoms with Crippen LogP contribution in [0.15, 0.2) is 81.9 Å². The molecule has 72 heavy (non-hydrogen) atoms. The van der Waals surface area contributed by atoms with Gasteiger partial charge in [0.15, 0.2) is 11.2 Å². The van der Waals surface area contributed by atoms with Gasteiger partial charge < -0.3 is 54.4 Å². The first-order chi connectivity index (χ1) is 34.2. The monoisotopic (exact) mass is 1010 g/mol. The van der Waals surface area contributed by atoms with Crippen molar-refractivity contribution in [1.29, 1.82) is 0 Å². The number of rotatable bonds is 8. The summed E-state index contributed by atoms with van der Waals surface area (Å²) in [4.78, 5) is 87.5. The predicted molar refractivity (Wildman–Crippen MR) is 275 cm³/mol. The molecule has 23 heteroatoms. The molecule has 2 fully saturated rings. The summed E-state index contributed by atoms with van der Waals surface area (Å²) in [6.45, 7) is 15.8. The maximum atomic E-state index is 12.4. The van der Waals surface area contributed by atoms with E-state index >= 15 is 0 Å². The van der Waals surface area contributed by atoms with Crippen LogP contribution in [0, 0.1) is 13.8 Å². The first kappa shape index (κ1) is 53.8. The van der Waals surface area contributed by atoms with Crippen molar-refractivity contribution in [1.82, 2.24) is 49.3 Å². The highest BCUT2D eigenvalue weighted by molar-refractivity contribution is 6.62. The van der Waals surface area contributed by atoms with Gasteiger partial charge in [-0.3, -0.25) is 24.6 Å². The highest BCUT2D eigenvalue weighted by atomic mass is 35.5. The number of halogens is 1. The van der Waals surface area contributed by atoms with Gasteiger partial charge in [-0.2, -0.15) is 0 Å². The van der Waals surface area contributed by atoms with Crippen LogP contribution in [0.25, 0.3) is 22.2 Å². The SMILES string of the molecule is CN(C)C(=O)Cl.Cc1ccc(NC(=O)Nc2cccc3oc(CN4CCN(C(=O)N(C)C)CC4)nc23)cn1.Cc1ccc(NC(=O)Nc2cccc3oc(CN4CCN(C(=O)OC(C)(C)C)CC4)nc23)cn1. The number of pyridine rings is 2. The number of anilines is 4. The number of aromatic nitrogens is 4. The molecule has 8 rings (SSSR count). The largest absolute Gasteiger partial charge is 0.444 e. The number of fused-ring (bicyclic) bond motifs is 2. The zero-order chi connectivity index (χ0) is 52.1. The number of hydrogen-bond acceptors (Lipinski definition) is 14. The van der Waals surface area contributed by atoms with Gasteiger partial charge >= 0.3 is 29.6 Å². The zero-order valence-corrected chi connectivity index (χ0v) is 42.9. The van der Waals surface area contributed by atoms with Crippen LogP contribution in [0.1, 0.15) is 43.9 Å². The number of nitrogens with zero attached hydrogens (tertiary/aromatic N) is 10. The summed E-state index contributed by atoms with van der Waals surface area (Å²) in [5, 5.41) is 10.7. The zero-order valence-electron chi connectivity index (χ0n) is 42.1. The molecule has 6 aromatic rings. The number of benzene rings is 2. The van der Waals surface area contributed by atoms with Crippen LogP contribution in [0.2, 0.25) is 0 Å². The second-order valence-electron chi connectivity index (χ2n) is 18.4. The second kappa shape index (κ2) is 24.5. The Hall–Kier alpha value is -7.56. The average Bonchev–Trinajstić information content (AvgIpc) is 3.95. The van der Waals surface area contributed by atoms with Crippen molar-refractivity contribution in [2.24, 2.45) is 0 Å². The number of ether oxygens (including phenoxy) is 1. The average molecular weight is 1010 g/mol. The predicted octanol–water partition coefficient (Wildman–Crippen LogP) is 8.11. The van der Waals surface area contributed by atoms with Gasteiger partial charge in [-0.25, -0.2) is 29.1 Å². The van der Waals surface area contributed by atoms with Gasteiger partial charge in [-0.15, -0.1) is 0 Å². The topological polar surface area (TPSA) is 240 Å². The highest BCUT2D eigenvalue weighted by Crippen LogP contribution is 2.27. The van der Waals surface area contributed by atoms with Gasteiger partial charge in [0.05, 0.1) is 48.2 Å². The van der Waals surface area contributed by atoms with Gasteiger partial charge in [0.25, 0.3) is 0 Å². The molecule has 0 saturated carbocycles. The number of carbonyl (C=O) groups excluding carboxylic acids is 5. The molecule has 0 unspecified atom stereocenters. The molecule has 0 spiro atoms. The third kappa shape index (κ3) is 16.0. The number of aryl methyl sites for hydroxylation is 2. The van der Waals surface area contributed by atoms with Crippen molar-refractivity contribution >= 4 is 86.1 Å². The van der Waals surface area contributed by atoms with Gasteiger partial charge in [0, 0.05) is 91.9 Å². The summed E-state index contributed by atoms with van der Waals surface area (Å²) in [5.74, 6) is 1.13. The summed E-state index contributed by atoms with van der Waals surface area (Å²) in [6.07, 6.45) is 2.92. The van der Waals surface area contributed by atoms with Gasteiger partial charge in [-0.05, 0) is 94.8 Å². The van der Waals surface area contributed by atoms with Crippen molar-refractivity contribution in [2.45, 2.75) is 53.3 Å². The van der Waals surface area contributed by atoms with E-state index in [2.05, 4.69) is 51.0 Å². The molecule has 2 saturated heterocycles. The standard InChI is InChI=1S/C24H30N6O4.C22H27N7O3.C3H6ClNO/c1-16-8-9-17(14-25-16)26-22(31)27-18-6-5-7-19-21(18)28-20(33-19)15-29-10-12-30(13-11-29)23(32)34-24(2,3)4;1-15-7-8-16(13-23-15)24-21(30)25-17-5-4-6-18-20(17)26-19(32-18)14-28-9-11-29(12-10-28)22(31)27(2)3;1-5(2)3(4)6/h5-9,14H,10-13,15H2,1-4H3,(H2,26,27,31);4-8,13H,9-12,14H2,1-3H3,(H2,24,25,30);1-2H3. The van der Waals surface area contributed by atoms with E-state index in [4.69, 9.17) is 25.2 Å². The van der Waals surface area contributed by atoms with Crippen LogP contribution in [0.4, 0.5) is 46.7 Å². The van der Waals surface area contributed by atoms with Crippen LogP contribution in [-0.2, 0) is 17.8 Å². The lowest BCUT2D eigenvalue weighted by molar-refractivity contribution is 0.0133. The first-order valence-electron chi connectivity index (χ1n) is 23.2. The van der Waals surface area contributed by atoms with Crippen molar-refractivity contribution in [2.75, 3.05) is 102 Å². The maximum Gasteiger partial charge on any atom is 0.410 e. The van der Waals surface area contributed by atoms with E-state index < -0.39 is 11.0 Å². The third-order valence-corrected chi connectivity index (χ3v) is 11.2. The van der Waals surface area contributed by atoms with Crippen LogP contribution in [-0.4, -0.2) is 165 Å². The van der Waals surface area contributed by atoms with E-state index in [0.29, 0.717) is 109 Å². The minimum atomic E-state index is -0.508. The first-order valence-corrected chi connectivity index (χ1v) is 23.6. The number of hydrogen-bond donors (Lipinski definition) is 4. The Kier molecular flexibility index (Phi) is 18.3. The number of amides is 8. The van der Waals surface area contributed by atoms with E-state index in [1.807, 2.05) is 69.9 Å². The van der Waals surface area contributed by atoms with Crippen molar-refractivity contribution in [3.8, 4) is 0 Å².